The van der Waals surface area contributed by atoms with Crippen LogP contribution in [0.3, 0.4) is 0 Å². The van der Waals surface area contributed by atoms with Crippen LogP contribution in [0.4, 0.5) is 0 Å². The maximum atomic E-state index is 12.4. The van der Waals surface area contributed by atoms with Crippen LogP contribution in [0.2, 0.25) is 0 Å². The number of nitrogens with zero attached hydrogens (tertiary/aromatic N) is 2. The molecule has 0 aromatic heterocycles. The van der Waals surface area contributed by atoms with E-state index in [9.17, 15) is 17.8 Å². The van der Waals surface area contributed by atoms with Gasteiger partial charge in [-0.15, -0.1) is 0 Å². The Bertz CT molecular complexity index is 1080. The van der Waals surface area contributed by atoms with Crippen molar-refractivity contribution in [3.8, 4) is 0 Å². The lowest BCUT2D eigenvalue weighted by Crippen LogP contribution is -2.51. The summed E-state index contributed by atoms with van der Waals surface area (Å²) >= 11 is 0. The number of rotatable bonds is 32. The molecule has 0 aliphatic carbocycles. The number of quaternary nitrogens is 1. The second kappa shape index (κ2) is 35.0. The fraction of sp³-hybridized carbons (Fsp3) is 0.762. The van der Waals surface area contributed by atoms with Crippen molar-refractivity contribution >= 4 is 22.1 Å². The lowest BCUT2D eigenvalue weighted by molar-refractivity contribution is -0.814. The first-order valence-electron chi connectivity index (χ1n) is 20.4. The molecule has 0 saturated heterocycles. The fourth-order valence-electron chi connectivity index (χ4n) is 6.01. The number of carbonyl (C=O) groups excluding carboxylic acids is 1. The molecule has 1 rings (SSSR count). The highest BCUT2D eigenvalue weighted by molar-refractivity contribution is 7.80. The molecule has 1 heterocycles. The summed E-state index contributed by atoms with van der Waals surface area (Å²) in [6, 6.07) is 0. The van der Waals surface area contributed by atoms with E-state index < -0.39 is 10.4 Å². The third-order valence-corrected chi connectivity index (χ3v) is 9.76. The van der Waals surface area contributed by atoms with Crippen LogP contribution in [-0.4, -0.2) is 69.5 Å². The molecule has 1 unspecified atom stereocenters. The Balaban J connectivity index is 0.00000381. The molecule has 0 bridgehead atoms. The summed E-state index contributed by atoms with van der Waals surface area (Å²) in [4.78, 5) is 17.3. The average molecular weight is 736 g/mol. The first-order valence-corrected chi connectivity index (χ1v) is 21.8. The molecule has 0 fully saturated rings. The topological polar surface area (TPSA) is 108 Å². The van der Waals surface area contributed by atoms with Crippen LogP contribution >= 0.6 is 0 Å². The van der Waals surface area contributed by atoms with E-state index in [0.717, 1.165) is 69.9 Å². The van der Waals surface area contributed by atoms with Crippen molar-refractivity contribution < 1.29 is 26.4 Å². The van der Waals surface area contributed by atoms with Gasteiger partial charge in [0.1, 0.15) is 13.1 Å². The Hall–Kier alpha value is -2.07. The standard InChI is InChI=1S/C41H73N3O.CH4O4S/c1-4-6-8-10-12-14-16-18-20-22-24-26-28-30-32-34-40-42-36-38-44(40,3)39-37-43-41(45)35-33-31-29-27-25-23-21-19-17-15-13-11-9-7-5-2;1-5-6(2,3)4/h12-15,18-21H,4-11,16-17,22-39H2,1-3H3;1H3,(H,2,3,4)/b14-12-,15-13-,20-18-,21-19-;. The van der Waals surface area contributed by atoms with Crippen molar-refractivity contribution in [1.29, 1.82) is 0 Å². The summed E-state index contributed by atoms with van der Waals surface area (Å²) in [5.41, 5.74) is 0. The molecular weight excluding hydrogens is 659 g/mol. The highest BCUT2D eigenvalue weighted by Crippen LogP contribution is 2.18. The molecule has 51 heavy (non-hydrogen) atoms. The quantitative estimate of drug-likeness (QED) is 0.0243. The van der Waals surface area contributed by atoms with E-state index >= 15 is 0 Å². The lowest BCUT2D eigenvalue weighted by Gasteiger charge is -2.30. The summed E-state index contributed by atoms with van der Waals surface area (Å²) in [6.07, 6.45) is 47.8. The Morgan fingerprint density at radius 1 is 0.725 bits per heavy atom. The van der Waals surface area contributed by atoms with E-state index in [-0.39, 0.29) is 5.91 Å². The Labute approximate surface area is 314 Å². The van der Waals surface area contributed by atoms with Gasteiger partial charge in [0.2, 0.25) is 16.3 Å². The van der Waals surface area contributed by atoms with Crippen LogP contribution in [0.15, 0.2) is 53.6 Å². The number of amides is 1. The van der Waals surface area contributed by atoms with Crippen LogP contribution in [0, 0.1) is 0 Å². The van der Waals surface area contributed by atoms with Gasteiger partial charge in [-0.1, -0.05) is 127 Å². The van der Waals surface area contributed by atoms with E-state index in [0.29, 0.717) is 6.42 Å². The number of likely N-dealkylation sites (N-methyl/N-ethyl adjacent to an activating group) is 1. The van der Waals surface area contributed by atoms with E-state index in [1.54, 1.807) is 0 Å². The van der Waals surface area contributed by atoms with Gasteiger partial charge in [0.15, 0.2) is 5.84 Å². The number of nitrogens with one attached hydrogen (secondary N) is 1. The van der Waals surface area contributed by atoms with E-state index in [4.69, 9.17) is 4.99 Å². The van der Waals surface area contributed by atoms with Crippen LogP contribution in [-0.2, 0) is 19.4 Å². The third kappa shape index (κ3) is 33.5. The third-order valence-electron chi connectivity index (χ3n) is 9.35. The number of amidine groups is 1. The predicted octanol–water partition coefficient (Wildman–Crippen LogP) is 10.7. The summed E-state index contributed by atoms with van der Waals surface area (Å²) in [6.45, 7) is 8.26. The number of aliphatic imine (C=N–C) groups is 1. The number of unbranched alkanes of at least 4 members (excludes halogenated alkanes) is 16. The Morgan fingerprint density at radius 3 is 1.63 bits per heavy atom. The van der Waals surface area contributed by atoms with Gasteiger partial charge in [0.25, 0.3) is 0 Å². The first-order chi connectivity index (χ1) is 24.7. The zero-order valence-electron chi connectivity index (χ0n) is 33.3. The van der Waals surface area contributed by atoms with Crippen molar-refractivity contribution in [3.63, 3.8) is 0 Å². The van der Waals surface area contributed by atoms with Crippen molar-refractivity contribution in [2.24, 2.45) is 4.99 Å². The van der Waals surface area contributed by atoms with Gasteiger partial charge in [-0.3, -0.25) is 13.5 Å². The van der Waals surface area contributed by atoms with Gasteiger partial charge in [-0.2, -0.15) is 0 Å². The minimum atomic E-state index is -4.41. The second-order valence-electron chi connectivity index (χ2n) is 14.0. The fourth-order valence-corrected chi connectivity index (χ4v) is 6.01. The van der Waals surface area contributed by atoms with E-state index in [1.807, 2.05) is 0 Å². The van der Waals surface area contributed by atoms with Gasteiger partial charge < -0.3 is 9.87 Å². The molecule has 1 N–H and O–H groups in total. The Morgan fingerprint density at radius 2 is 1.16 bits per heavy atom. The number of carbonyl (C=O) groups is 1. The second-order valence-corrected chi connectivity index (χ2v) is 15.2. The summed E-state index contributed by atoms with van der Waals surface area (Å²) < 4.78 is 31.9. The van der Waals surface area contributed by atoms with Gasteiger partial charge in [-0.25, -0.2) is 13.4 Å². The molecule has 0 aromatic rings. The van der Waals surface area contributed by atoms with Crippen molar-refractivity contribution in [1.82, 2.24) is 5.32 Å². The molecule has 0 aromatic carbocycles. The summed E-state index contributed by atoms with van der Waals surface area (Å²) in [5.74, 6) is 1.57. The van der Waals surface area contributed by atoms with Gasteiger partial charge in [-0.05, 0) is 77.0 Å². The van der Waals surface area contributed by atoms with Crippen molar-refractivity contribution in [2.75, 3.05) is 40.3 Å². The summed E-state index contributed by atoms with van der Waals surface area (Å²) in [5, 5.41) is 3.19. The van der Waals surface area contributed by atoms with E-state index in [1.165, 1.54) is 121 Å². The molecule has 0 spiro atoms. The van der Waals surface area contributed by atoms with Crippen LogP contribution in [0.5, 0.6) is 0 Å². The number of hydrogen-bond donors (Lipinski definition) is 1. The highest BCUT2D eigenvalue weighted by atomic mass is 32.3. The SMILES string of the molecule is CCCCC/C=C\C/C=C\CCCCCCCC(=O)NCC[N+]1(C)CCN=C1CCCCCCC/C=C\C/C=C\CCCCC.COS(=O)(=O)[O-]. The lowest BCUT2D eigenvalue weighted by atomic mass is 10.1. The van der Waals surface area contributed by atoms with Crippen LogP contribution in [0.1, 0.15) is 168 Å². The molecule has 8 nitrogen and oxygen atoms in total. The zero-order valence-corrected chi connectivity index (χ0v) is 34.1. The van der Waals surface area contributed by atoms with Gasteiger partial charge in [0, 0.05) is 12.8 Å². The molecule has 1 amide bonds. The average Bonchev–Trinajstić information content (AvgIpc) is 3.47. The molecule has 296 valence electrons. The summed E-state index contributed by atoms with van der Waals surface area (Å²) in [7, 11) is -1.29. The monoisotopic (exact) mass is 736 g/mol. The molecule has 0 saturated carbocycles. The number of allylic oxidation sites excluding steroid dienone is 8. The molecule has 0 radical (unpaired) electrons. The molecule has 1 atom stereocenters. The molecule has 9 heteroatoms. The first kappa shape index (κ1) is 48.9. The van der Waals surface area contributed by atoms with Crippen LogP contribution < -0.4 is 5.32 Å². The minimum absolute atomic E-state index is 0.221. The maximum absolute atomic E-state index is 12.4. The van der Waals surface area contributed by atoms with Crippen LogP contribution in [0.25, 0.3) is 0 Å². The zero-order chi connectivity index (χ0) is 37.7. The minimum Gasteiger partial charge on any atom is -0.726 e. The smallest absolute Gasteiger partial charge is 0.220 e. The maximum Gasteiger partial charge on any atom is 0.220 e. The van der Waals surface area contributed by atoms with Gasteiger partial charge in [0.05, 0.1) is 27.2 Å². The molecule has 1 aliphatic rings. The van der Waals surface area contributed by atoms with Crippen molar-refractivity contribution in [3.05, 3.63) is 48.6 Å². The molecular formula is C42H77N3O5S. The largest absolute Gasteiger partial charge is 0.726 e. The van der Waals surface area contributed by atoms with Gasteiger partial charge >= 0.3 is 0 Å². The molecule has 1 aliphatic heterocycles. The Kier molecular flexibility index (Phi) is 33.6. The predicted molar refractivity (Wildman–Crippen MR) is 217 cm³/mol. The highest BCUT2D eigenvalue weighted by Gasteiger charge is 2.32. The number of hydrogen-bond acceptors (Lipinski definition) is 6. The van der Waals surface area contributed by atoms with Crippen molar-refractivity contribution in [2.45, 2.75) is 168 Å². The van der Waals surface area contributed by atoms with E-state index in [2.05, 4.69) is 79.0 Å². The normalized spacial score (nSPS) is 16.5.